The number of hydrogen-bond donors (Lipinski definition) is 4. The topological polar surface area (TPSA) is 127 Å². The quantitative estimate of drug-likeness (QED) is 0.416. The lowest BCUT2D eigenvalue weighted by Crippen LogP contribution is -2.54. The van der Waals surface area contributed by atoms with Crippen LogP contribution in [0.3, 0.4) is 0 Å². The van der Waals surface area contributed by atoms with E-state index in [9.17, 15) is 24.8 Å². The molecule has 0 saturated carbocycles. The summed E-state index contributed by atoms with van der Waals surface area (Å²) in [6, 6.07) is 8.39. The molecule has 4 N–H and O–H groups in total. The van der Waals surface area contributed by atoms with Crippen molar-refractivity contribution in [3.05, 3.63) is 52.8 Å². The lowest BCUT2D eigenvalue weighted by molar-refractivity contribution is -0.274. The zero-order chi connectivity index (χ0) is 26.0. The highest BCUT2D eigenvalue weighted by molar-refractivity contribution is 5.53. The van der Waals surface area contributed by atoms with Gasteiger partial charge in [-0.1, -0.05) is 6.07 Å². The number of hydrogen-bond acceptors (Lipinski definition) is 9. The number of fused-ring (bicyclic) bond motifs is 1. The Kier molecular flexibility index (Phi) is 8.34. The summed E-state index contributed by atoms with van der Waals surface area (Å²) in [4.78, 5) is 0. The van der Waals surface area contributed by atoms with Crippen molar-refractivity contribution in [3.63, 3.8) is 0 Å². The Labute approximate surface area is 208 Å². The van der Waals surface area contributed by atoms with Gasteiger partial charge >= 0.3 is 0 Å². The van der Waals surface area contributed by atoms with Crippen LogP contribution in [-0.2, 0) is 15.9 Å². The number of rotatable bonds is 8. The second-order valence-corrected chi connectivity index (χ2v) is 9.17. The fourth-order valence-electron chi connectivity index (χ4n) is 5.20. The molecule has 1 aliphatic heterocycles. The van der Waals surface area contributed by atoms with Gasteiger partial charge in [-0.2, -0.15) is 0 Å². The minimum Gasteiger partial charge on any atom is -0.494 e. The van der Waals surface area contributed by atoms with Crippen LogP contribution < -0.4 is 14.2 Å². The van der Waals surface area contributed by atoms with E-state index < -0.39 is 30.4 Å². The van der Waals surface area contributed by atoms with E-state index in [2.05, 4.69) is 0 Å². The van der Waals surface area contributed by atoms with Crippen LogP contribution in [0.15, 0.2) is 30.3 Å². The van der Waals surface area contributed by atoms with Crippen LogP contribution in [0, 0.1) is 17.7 Å². The first-order valence-corrected chi connectivity index (χ1v) is 11.8. The predicted octanol–water partition coefficient (Wildman–Crippen LogP) is 1.22. The molecular weight excluding hydrogens is 475 g/mol. The standard InChI is InChI=1S/C26H33FO9/c1-32-20-7-13(4-5-18(20)27)23-16-9-22(34-3)21(33-2)8-14(16)6-15(10-28)17(23)11-35-26-25(31)24(30)19(29)12-36-26/h4-5,7-9,15,17,19,23-26,28-31H,6,10-12H2,1-3H3/t15?,17?,19?,23?,24-,25?,26?/m0/s1. The molecule has 1 aliphatic carbocycles. The molecule has 0 aromatic heterocycles. The molecule has 1 saturated heterocycles. The highest BCUT2D eigenvalue weighted by Crippen LogP contribution is 2.48. The van der Waals surface area contributed by atoms with E-state index in [1.54, 1.807) is 26.4 Å². The van der Waals surface area contributed by atoms with Crippen molar-refractivity contribution in [2.24, 2.45) is 11.8 Å². The van der Waals surface area contributed by atoms with E-state index in [-0.39, 0.29) is 43.3 Å². The lowest BCUT2D eigenvalue weighted by Gasteiger charge is -2.41. The molecule has 0 spiro atoms. The summed E-state index contributed by atoms with van der Waals surface area (Å²) in [7, 11) is 4.49. The first-order chi connectivity index (χ1) is 17.3. The van der Waals surface area contributed by atoms with Crippen molar-refractivity contribution in [1.29, 1.82) is 0 Å². The second-order valence-electron chi connectivity index (χ2n) is 9.17. The van der Waals surface area contributed by atoms with E-state index in [1.807, 2.05) is 12.1 Å². The van der Waals surface area contributed by atoms with E-state index in [0.717, 1.165) is 16.7 Å². The molecule has 7 atom stereocenters. The van der Waals surface area contributed by atoms with Gasteiger partial charge in [0, 0.05) is 12.5 Å². The van der Waals surface area contributed by atoms with Gasteiger partial charge in [-0.05, 0) is 59.2 Å². The Morgan fingerprint density at radius 3 is 2.31 bits per heavy atom. The van der Waals surface area contributed by atoms with Crippen molar-refractivity contribution < 1.29 is 48.5 Å². The molecule has 1 heterocycles. The van der Waals surface area contributed by atoms with E-state index in [1.165, 1.54) is 13.2 Å². The third kappa shape index (κ3) is 5.02. The molecule has 2 aliphatic rings. The monoisotopic (exact) mass is 508 g/mol. The number of aliphatic hydroxyl groups excluding tert-OH is 4. The summed E-state index contributed by atoms with van der Waals surface area (Å²) in [6.45, 7) is -0.282. The molecule has 0 bridgehead atoms. The van der Waals surface area contributed by atoms with Gasteiger partial charge in [0.05, 0.1) is 34.5 Å². The van der Waals surface area contributed by atoms with Crippen molar-refractivity contribution >= 4 is 0 Å². The van der Waals surface area contributed by atoms with Gasteiger partial charge in [0.25, 0.3) is 0 Å². The average molecular weight is 509 g/mol. The predicted molar refractivity (Wildman–Crippen MR) is 126 cm³/mol. The summed E-state index contributed by atoms with van der Waals surface area (Å²) < 4.78 is 41.8. The second kappa shape index (κ2) is 11.3. The molecule has 36 heavy (non-hydrogen) atoms. The SMILES string of the molecule is COc1cc(C2c3cc(OC)c(OC)cc3CC(CO)C2COC2OCC(O)[C@H](O)C2O)ccc1F. The maximum atomic E-state index is 14.3. The third-order valence-electron chi connectivity index (χ3n) is 7.17. The molecule has 2 aromatic carbocycles. The molecule has 4 rings (SSSR count). The Balaban J connectivity index is 1.75. The number of methoxy groups -OCH3 is 3. The van der Waals surface area contributed by atoms with Crippen LogP contribution in [0.5, 0.6) is 17.2 Å². The van der Waals surface area contributed by atoms with Gasteiger partial charge in [0.15, 0.2) is 29.4 Å². The number of halogens is 1. The molecule has 198 valence electrons. The zero-order valence-electron chi connectivity index (χ0n) is 20.5. The molecule has 10 heteroatoms. The van der Waals surface area contributed by atoms with Gasteiger partial charge in [0.2, 0.25) is 0 Å². The highest BCUT2D eigenvalue weighted by Gasteiger charge is 2.42. The summed E-state index contributed by atoms with van der Waals surface area (Å²) in [6.07, 6.45) is -4.69. The molecular formula is C26H33FO9. The first-order valence-electron chi connectivity index (χ1n) is 11.8. The molecule has 2 aromatic rings. The fraction of sp³-hybridized carbons (Fsp3) is 0.538. The van der Waals surface area contributed by atoms with Crippen LogP contribution in [0.1, 0.15) is 22.6 Å². The lowest BCUT2D eigenvalue weighted by atomic mass is 9.67. The molecule has 0 amide bonds. The van der Waals surface area contributed by atoms with Gasteiger partial charge in [-0.3, -0.25) is 0 Å². The Morgan fingerprint density at radius 2 is 1.64 bits per heavy atom. The van der Waals surface area contributed by atoms with Crippen molar-refractivity contribution in [2.45, 2.75) is 36.9 Å². The summed E-state index contributed by atoms with van der Waals surface area (Å²) in [5, 5.41) is 40.4. The largest absolute Gasteiger partial charge is 0.494 e. The number of aliphatic hydroxyl groups is 4. The summed E-state index contributed by atoms with van der Waals surface area (Å²) in [5.74, 6) is -0.268. The van der Waals surface area contributed by atoms with Crippen molar-refractivity contribution in [3.8, 4) is 17.2 Å². The number of ether oxygens (including phenoxy) is 5. The zero-order valence-corrected chi connectivity index (χ0v) is 20.5. The normalized spacial score (nSPS) is 29.9. The molecule has 1 fully saturated rings. The van der Waals surface area contributed by atoms with Crippen LogP contribution in [-0.4, -0.2) is 86.2 Å². The number of benzene rings is 2. The Bertz CT molecular complexity index is 1050. The first kappa shape index (κ1) is 26.6. The summed E-state index contributed by atoms with van der Waals surface area (Å²) >= 11 is 0. The minimum atomic E-state index is -1.44. The van der Waals surface area contributed by atoms with E-state index in [0.29, 0.717) is 17.9 Å². The Hall–Kier alpha value is -2.47. The third-order valence-corrected chi connectivity index (χ3v) is 7.17. The van der Waals surface area contributed by atoms with Gasteiger partial charge < -0.3 is 44.1 Å². The summed E-state index contributed by atoms with van der Waals surface area (Å²) in [5.41, 5.74) is 2.60. The van der Waals surface area contributed by atoms with Gasteiger partial charge in [-0.25, -0.2) is 4.39 Å². The van der Waals surface area contributed by atoms with Crippen LogP contribution in [0.25, 0.3) is 0 Å². The van der Waals surface area contributed by atoms with Crippen LogP contribution in [0.4, 0.5) is 4.39 Å². The molecule has 9 nitrogen and oxygen atoms in total. The van der Waals surface area contributed by atoms with E-state index >= 15 is 0 Å². The smallest absolute Gasteiger partial charge is 0.186 e. The van der Waals surface area contributed by atoms with Crippen LogP contribution in [0.2, 0.25) is 0 Å². The molecule has 0 radical (unpaired) electrons. The minimum absolute atomic E-state index is 0.0495. The maximum absolute atomic E-state index is 14.3. The average Bonchev–Trinajstić information content (AvgIpc) is 2.90. The van der Waals surface area contributed by atoms with E-state index in [4.69, 9.17) is 23.7 Å². The van der Waals surface area contributed by atoms with Crippen LogP contribution >= 0.6 is 0 Å². The van der Waals surface area contributed by atoms with Gasteiger partial charge in [0.1, 0.15) is 18.3 Å². The Morgan fingerprint density at radius 1 is 0.944 bits per heavy atom. The fourth-order valence-corrected chi connectivity index (χ4v) is 5.20. The highest BCUT2D eigenvalue weighted by atomic mass is 19.1. The molecule has 6 unspecified atom stereocenters. The van der Waals surface area contributed by atoms with Crippen molar-refractivity contribution in [1.82, 2.24) is 0 Å². The van der Waals surface area contributed by atoms with Gasteiger partial charge in [-0.15, -0.1) is 0 Å². The maximum Gasteiger partial charge on any atom is 0.186 e. The van der Waals surface area contributed by atoms with Crippen molar-refractivity contribution in [2.75, 3.05) is 41.2 Å².